The lowest BCUT2D eigenvalue weighted by atomic mass is 9.96. The molecule has 2 radical (unpaired) electrons. The maximum atomic E-state index is 10.0. The van der Waals surface area contributed by atoms with Crippen molar-refractivity contribution < 1.29 is 5.11 Å². The molecule has 0 amide bonds. The van der Waals surface area contributed by atoms with E-state index in [2.05, 4.69) is 6.07 Å². The molecule has 0 bridgehead atoms. The van der Waals surface area contributed by atoms with Gasteiger partial charge in [-0.1, -0.05) is 17.7 Å². The Hall–Kier alpha value is -1.24. The molecule has 1 aromatic carbocycles. The van der Waals surface area contributed by atoms with E-state index >= 15 is 0 Å². The standard InChI is InChI=1S/C14H18O/c1-9(2)6-7-13-11(4)8-10(3)12(5)14(13)15/h1,6,8,15H,7H2,2-5H3/b9-6-. The summed E-state index contributed by atoms with van der Waals surface area (Å²) in [5.41, 5.74) is 4.96. The molecule has 1 nitrogen and oxygen atoms in total. The molecule has 15 heavy (non-hydrogen) atoms. The third-order valence-corrected chi connectivity index (χ3v) is 2.77. The van der Waals surface area contributed by atoms with Crippen molar-refractivity contribution in [1.29, 1.82) is 0 Å². The molecule has 0 unspecified atom stereocenters. The number of benzene rings is 1. The van der Waals surface area contributed by atoms with Gasteiger partial charge in [-0.05, 0) is 57.7 Å². The molecule has 1 N–H and O–H groups in total. The predicted octanol–water partition coefficient (Wildman–Crippen LogP) is 3.52. The summed E-state index contributed by atoms with van der Waals surface area (Å²) in [4.78, 5) is 0. The fourth-order valence-electron chi connectivity index (χ4n) is 1.64. The summed E-state index contributed by atoms with van der Waals surface area (Å²) in [6.07, 6.45) is 2.62. The van der Waals surface area contributed by atoms with Gasteiger partial charge in [0.1, 0.15) is 5.75 Å². The van der Waals surface area contributed by atoms with Crippen LogP contribution in [0.2, 0.25) is 0 Å². The zero-order valence-electron chi connectivity index (χ0n) is 9.89. The van der Waals surface area contributed by atoms with Crippen molar-refractivity contribution in [3.05, 3.63) is 46.9 Å². The summed E-state index contributed by atoms with van der Waals surface area (Å²) in [7, 11) is 0. The molecule has 1 aromatic rings. The number of rotatable bonds is 2. The van der Waals surface area contributed by atoms with Crippen molar-refractivity contribution in [3.63, 3.8) is 0 Å². The lowest BCUT2D eigenvalue weighted by molar-refractivity contribution is 0.464. The van der Waals surface area contributed by atoms with E-state index in [9.17, 15) is 5.11 Å². The molecule has 0 saturated carbocycles. The number of allylic oxidation sites excluding steroid dienone is 2. The second-order valence-corrected chi connectivity index (χ2v) is 4.11. The topological polar surface area (TPSA) is 20.2 Å². The molecule has 0 saturated heterocycles. The molecular formula is C14H18O. The zero-order valence-corrected chi connectivity index (χ0v) is 9.89. The summed E-state index contributed by atoms with van der Waals surface area (Å²) in [5, 5.41) is 10.0. The summed E-state index contributed by atoms with van der Waals surface area (Å²) in [6, 6.07) is 2.10. The number of aromatic hydroxyl groups is 1. The zero-order chi connectivity index (χ0) is 11.6. The van der Waals surface area contributed by atoms with E-state index in [0.29, 0.717) is 12.2 Å². The first-order valence-electron chi connectivity index (χ1n) is 5.14. The van der Waals surface area contributed by atoms with Crippen molar-refractivity contribution in [3.8, 4) is 5.75 Å². The fraction of sp³-hybridized carbons (Fsp3) is 0.357. The number of phenols is 1. The van der Waals surface area contributed by atoms with Crippen LogP contribution in [-0.4, -0.2) is 5.11 Å². The lowest BCUT2D eigenvalue weighted by Crippen LogP contribution is -1.94. The fourth-order valence-corrected chi connectivity index (χ4v) is 1.64. The highest BCUT2D eigenvalue weighted by atomic mass is 16.3. The molecule has 1 rings (SSSR count). The molecule has 1 heteroatoms. The van der Waals surface area contributed by atoms with Crippen molar-refractivity contribution in [2.75, 3.05) is 0 Å². The third-order valence-electron chi connectivity index (χ3n) is 2.77. The molecule has 0 fully saturated rings. The van der Waals surface area contributed by atoms with E-state index in [-0.39, 0.29) is 0 Å². The largest absolute Gasteiger partial charge is 0.507 e. The van der Waals surface area contributed by atoms with Crippen LogP contribution in [-0.2, 0) is 6.42 Å². The Morgan fingerprint density at radius 2 is 1.93 bits per heavy atom. The molecule has 0 aliphatic carbocycles. The van der Waals surface area contributed by atoms with Gasteiger partial charge in [0.25, 0.3) is 0 Å². The Bertz CT molecular complexity index is 396. The number of aryl methyl sites for hydroxylation is 2. The van der Waals surface area contributed by atoms with Gasteiger partial charge in [-0.25, -0.2) is 0 Å². The first-order valence-corrected chi connectivity index (χ1v) is 5.14. The normalized spacial score (nSPS) is 11.9. The van der Waals surface area contributed by atoms with Crippen LogP contribution in [0.5, 0.6) is 5.75 Å². The minimum absolute atomic E-state index is 0.407. The molecule has 80 valence electrons. The minimum atomic E-state index is 0.407. The summed E-state index contributed by atoms with van der Waals surface area (Å²) in [6.45, 7) is 13.4. The Morgan fingerprint density at radius 1 is 1.33 bits per heavy atom. The quantitative estimate of drug-likeness (QED) is 0.778. The van der Waals surface area contributed by atoms with Crippen LogP contribution in [0.3, 0.4) is 0 Å². The molecule has 0 spiro atoms. The number of hydrogen-bond acceptors (Lipinski definition) is 1. The van der Waals surface area contributed by atoms with Gasteiger partial charge in [-0.3, -0.25) is 0 Å². The van der Waals surface area contributed by atoms with Gasteiger partial charge in [0, 0.05) is 5.56 Å². The van der Waals surface area contributed by atoms with Gasteiger partial charge in [0.05, 0.1) is 0 Å². The predicted molar refractivity (Wildman–Crippen MR) is 64.1 cm³/mol. The smallest absolute Gasteiger partial charge is 0.122 e. The van der Waals surface area contributed by atoms with Crippen LogP contribution in [0.4, 0.5) is 0 Å². The van der Waals surface area contributed by atoms with Crippen LogP contribution < -0.4 is 0 Å². The van der Waals surface area contributed by atoms with Crippen LogP contribution in [0.1, 0.15) is 29.2 Å². The number of hydrogen-bond donors (Lipinski definition) is 1. The third kappa shape index (κ3) is 2.62. The second kappa shape index (κ2) is 4.52. The molecule has 0 aliphatic heterocycles. The van der Waals surface area contributed by atoms with Crippen LogP contribution in [0.25, 0.3) is 0 Å². The Labute approximate surface area is 92.5 Å². The highest BCUT2D eigenvalue weighted by Gasteiger charge is 2.09. The van der Waals surface area contributed by atoms with E-state index in [1.54, 1.807) is 0 Å². The highest BCUT2D eigenvalue weighted by Crippen LogP contribution is 2.29. The van der Waals surface area contributed by atoms with Crippen molar-refractivity contribution in [2.45, 2.75) is 34.1 Å². The van der Waals surface area contributed by atoms with E-state index in [1.807, 2.05) is 33.8 Å². The average Bonchev–Trinajstić information content (AvgIpc) is 2.14. The molecular weight excluding hydrogens is 184 g/mol. The Morgan fingerprint density at radius 3 is 2.47 bits per heavy atom. The Balaban J connectivity index is 3.18. The maximum Gasteiger partial charge on any atom is 0.122 e. The molecule has 0 atom stereocenters. The highest BCUT2D eigenvalue weighted by molar-refractivity contribution is 5.49. The summed E-state index contributed by atoms with van der Waals surface area (Å²) < 4.78 is 0. The van der Waals surface area contributed by atoms with Gasteiger partial charge >= 0.3 is 0 Å². The van der Waals surface area contributed by atoms with E-state index in [0.717, 1.165) is 27.8 Å². The van der Waals surface area contributed by atoms with E-state index < -0.39 is 0 Å². The summed E-state index contributed by atoms with van der Waals surface area (Å²) in [5.74, 6) is 0.407. The van der Waals surface area contributed by atoms with Gasteiger partial charge in [0.2, 0.25) is 0 Å². The van der Waals surface area contributed by atoms with Gasteiger partial charge in [-0.15, -0.1) is 0 Å². The van der Waals surface area contributed by atoms with Crippen LogP contribution in [0, 0.1) is 27.7 Å². The monoisotopic (exact) mass is 202 g/mol. The van der Waals surface area contributed by atoms with E-state index in [4.69, 9.17) is 6.92 Å². The molecule has 0 aliphatic rings. The lowest BCUT2D eigenvalue weighted by Gasteiger charge is -2.12. The van der Waals surface area contributed by atoms with Crippen LogP contribution >= 0.6 is 0 Å². The van der Waals surface area contributed by atoms with Crippen LogP contribution in [0.15, 0.2) is 17.7 Å². The van der Waals surface area contributed by atoms with E-state index in [1.165, 1.54) is 0 Å². The van der Waals surface area contributed by atoms with Gasteiger partial charge in [-0.2, -0.15) is 0 Å². The first kappa shape index (κ1) is 11.8. The second-order valence-electron chi connectivity index (χ2n) is 4.11. The summed E-state index contributed by atoms with van der Waals surface area (Å²) >= 11 is 0. The molecule has 0 aromatic heterocycles. The van der Waals surface area contributed by atoms with Crippen molar-refractivity contribution in [2.24, 2.45) is 0 Å². The average molecular weight is 202 g/mol. The maximum absolute atomic E-state index is 10.0. The minimum Gasteiger partial charge on any atom is -0.507 e. The van der Waals surface area contributed by atoms with Crippen molar-refractivity contribution in [1.82, 2.24) is 0 Å². The van der Waals surface area contributed by atoms with Gasteiger partial charge in [0.15, 0.2) is 0 Å². The van der Waals surface area contributed by atoms with Gasteiger partial charge < -0.3 is 5.11 Å². The SMILES string of the molecule is [CH]/C(C)=C/Cc1c(C)cc(C)c(C)c1O. The molecule has 0 heterocycles. The van der Waals surface area contributed by atoms with Crippen molar-refractivity contribution >= 4 is 0 Å². The Kier molecular flexibility index (Phi) is 3.57. The first-order chi connectivity index (χ1) is 6.93. The number of phenolic OH excluding ortho intramolecular Hbond substituents is 1.